The highest BCUT2D eigenvalue weighted by atomic mass is 32.1. The second kappa shape index (κ2) is 9.05. The van der Waals surface area contributed by atoms with E-state index in [1.54, 1.807) is 11.3 Å². The Balaban J connectivity index is 1.66. The number of aryl methyl sites for hydroxylation is 1. The molecule has 2 aromatic rings. The Kier molecular flexibility index (Phi) is 6.25. The Morgan fingerprint density at radius 2 is 1.79 bits per heavy atom. The topological polar surface area (TPSA) is 23.6 Å². The van der Waals surface area contributed by atoms with E-state index >= 15 is 0 Å². The Morgan fingerprint density at radius 1 is 1.10 bits per heavy atom. The number of amides is 1. The van der Waals surface area contributed by atoms with Crippen LogP contribution >= 0.6 is 11.3 Å². The smallest absolute Gasteiger partial charge is 0.230 e. The van der Waals surface area contributed by atoms with Gasteiger partial charge < -0.3 is 9.80 Å². The number of rotatable bonds is 4. The number of hydrogen-bond acceptors (Lipinski definition) is 3. The van der Waals surface area contributed by atoms with E-state index in [0.29, 0.717) is 5.91 Å². The number of piperidine rings is 1. The van der Waals surface area contributed by atoms with Gasteiger partial charge >= 0.3 is 0 Å². The molecule has 1 amide bonds. The summed E-state index contributed by atoms with van der Waals surface area (Å²) in [5, 5.41) is 0. The molecule has 1 saturated heterocycles. The van der Waals surface area contributed by atoms with Gasteiger partial charge in [-0.15, -0.1) is 11.3 Å². The largest absolute Gasteiger partial charge is 0.333 e. The van der Waals surface area contributed by atoms with Crippen molar-refractivity contribution in [3.8, 4) is 22.9 Å². The van der Waals surface area contributed by atoms with Crippen LogP contribution in [-0.4, -0.2) is 29.9 Å². The summed E-state index contributed by atoms with van der Waals surface area (Å²) in [5.41, 5.74) is 2.34. The average molecular weight is 407 g/mol. The predicted octanol–water partition coefficient (Wildman–Crippen LogP) is 5.69. The van der Waals surface area contributed by atoms with Crippen LogP contribution < -0.4 is 4.90 Å². The summed E-state index contributed by atoms with van der Waals surface area (Å²) in [6.45, 7) is 3.89. The van der Waals surface area contributed by atoms with E-state index in [1.165, 1.54) is 34.6 Å². The van der Waals surface area contributed by atoms with Gasteiger partial charge in [-0.05, 0) is 44.2 Å². The van der Waals surface area contributed by atoms with Crippen LogP contribution in [-0.2, 0) is 4.79 Å². The lowest BCUT2D eigenvalue weighted by Crippen LogP contribution is -2.49. The van der Waals surface area contributed by atoms with E-state index in [0.717, 1.165) is 44.5 Å². The molecule has 3 nitrogen and oxygen atoms in total. The van der Waals surface area contributed by atoms with Gasteiger partial charge in [0.2, 0.25) is 5.91 Å². The molecule has 1 saturated carbocycles. The van der Waals surface area contributed by atoms with E-state index in [4.69, 9.17) is 6.42 Å². The molecule has 1 aliphatic heterocycles. The van der Waals surface area contributed by atoms with Gasteiger partial charge in [-0.25, -0.2) is 0 Å². The molecule has 4 rings (SSSR count). The standard InChI is InChI=1S/C25H30N2OS/c1-3-26-16-14-22(15-17-26)27(25(28)21-12-8-5-9-13-21)23-18-24(29-19(23)2)20-10-6-4-7-11-20/h1,4,6-7,10-11,18,21-22H,5,8-9,12-17H2,2H3. The molecular weight excluding hydrogens is 376 g/mol. The third-order valence-corrected chi connectivity index (χ3v) is 7.50. The SMILES string of the molecule is C#CN1CCC(N(C(=O)C2CCCCC2)c2cc(-c3ccccc3)sc2C)CC1. The van der Waals surface area contributed by atoms with Crippen molar-refractivity contribution in [2.45, 2.75) is 57.9 Å². The van der Waals surface area contributed by atoms with E-state index in [9.17, 15) is 4.79 Å². The van der Waals surface area contributed by atoms with Crippen LogP contribution in [0.25, 0.3) is 10.4 Å². The van der Waals surface area contributed by atoms with Crippen LogP contribution in [0.3, 0.4) is 0 Å². The summed E-state index contributed by atoms with van der Waals surface area (Å²) in [4.78, 5) is 20.4. The van der Waals surface area contributed by atoms with Crippen molar-refractivity contribution >= 4 is 22.9 Å². The highest BCUT2D eigenvalue weighted by molar-refractivity contribution is 7.16. The Labute approximate surface area is 178 Å². The third kappa shape index (κ3) is 4.36. The Morgan fingerprint density at radius 3 is 2.45 bits per heavy atom. The van der Waals surface area contributed by atoms with E-state index in [1.807, 2.05) is 11.0 Å². The molecule has 152 valence electrons. The maximum absolute atomic E-state index is 13.7. The minimum absolute atomic E-state index is 0.175. The number of thiophene rings is 1. The highest BCUT2D eigenvalue weighted by Crippen LogP contribution is 2.40. The van der Waals surface area contributed by atoms with E-state index < -0.39 is 0 Å². The molecular formula is C25H30N2OS. The first-order chi connectivity index (χ1) is 14.2. The lowest BCUT2D eigenvalue weighted by molar-refractivity contribution is -0.124. The van der Waals surface area contributed by atoms with Crippen molar-refractivity contribution in [1.29, 1.82) is 0 Å². The van der Waals surface area contributed by atoms with Gasteiger partial charge in [-0.3, -0.25) is 4.79 Å². The van der Waals surface area contributed by atoms with Crippen molar-refractivity contribution in [2.75, 3.05) is 18.0 Å². The van der Waals surface area contributed by atoms with Crippen LogP contribution in [0.1, 0.15) is 49.8 Å². The first-order valence-corrected chi connectivity index (χ1v) is 11.7. The molecule has 1 aromatic carbocycles. The lowest BCUT2D eigenvalue weighted by atomic mass is 9.87. The molecule has 2 aliphatic rings. The van der Waals surface area contributed by atoms with Gasteiger partial charge in [-0.2, -0.15) is 0 Å². The van der Waals surface area contributed by atoms with Crippen LogP contribution in [0, 0.1) is 25.3 Å². The monoisotopic (exact) mass is 406 g/mol. The highest BCUT2D eigenvalue weighted by Gasteiger charge is 2.34. The van der Waals surface area contributed by atoms with Crippen molar-refractivity contribution in [1.82, 2.24) is 4.90 Å². The minimum Gasteiger partial charge on any atom is -0.333 e. The number of carbonyl (C=O) groups excluding carboxylic acids is 1. The molecule has 4 heteroatoms. The van der Waals surface area contributed by atoms with Gasteiger partial charge in [-0.1, -0.05) is 56.0 Å². The van der Waals surface area contributed by atoms with Crippen molar-refractivity contribution in [2.24, 2.45) is 5.92 Å². The first kappa shape index (κ1) is 20.0. The molecule has 0 N–H and O–H groups in total. The molecule has 0 radical (unpaired) electrons. The van der Waals surface area contributed by atoms with Gasteiger partial charge in [0.25, 0.3) is 0 Å². The molecule has 1 aliphatic carbocycles. The van der Waals surface area contributed by atoms with Crippen LogP contribution in [0.15, 0.2) is 36.4 Å². The summed E-state index contributed by atoms with van der Waals surface area (Å²) >= 11 is 1.79. The molecule has 29 heavy (non-hydrogen) atoms. The fourth-order valence-electron chi connectivity index (χ4n) is 4.75. The van der Waals surface area contributed by atoms with Gasteiger partial charge in [0.1, 0.15) is 0 Å². The van der Waals surface area contributed by atoms with Crippen molar-refractivity contribution in [3.05, 3.63) is 41.3 Å². The number of likely N-dealkylation sites (tertiary alicyclic amines) is 1. The molecule has 2 heterocycles. The number of nitrogens with zero attached hydrogens (tertiary/aromatic N) is 2. The van der Waals surface area contributed by atoms with Gasteiger partial charge in [0.15, 0.2) is 0 Å². The van der Waals surface area contributed by atoms with Crippen LogP contribution in [0.4, 0.5) is 5.69 Å². The van der Waals surface area contributed by atoms with Gasteiger partial charge in [0.05, 0.1) is 5.69 Å². The summed E-state index contributed by atoms with van der Waals surface area (Å²) in [6, 6.07) is 15.7. The molecule has 0 spiro atoms. The number of carbonyl (C=O) groups is 1. The average Bonchev–Trinajstić information content (AvgIpc) is 3.17. The van der Waals surface area contributed by atoms with E-state index in [2.05, 4.69) is 48.2 Å². The summed E-state index contributed by atoms with van der Waals surface area (Å²) in [6.07, 6.45) is 13.2. The molecule has 0 bridgehead atoms. The van der Waals surface area contributed by atoms with Gasteiger partial charge in [0, 0.05) is 40.8 Å². The fraction of sp³-hybridized carbons (Fsp3) is 0.480. The maximum Gasteiger partial charge on any atom is 0.230 e. The predicted molar refractivity (Wildman–Crippen MR) is 122 cm³/mol. The second-order valence-electron chi connectivity index (χ2n) is 8.31. The van der Waals surface area contributed by atoms with Crippen molar-refractivity contribution < 1.29 is 4.79 Å². The summed E-state index contributed by atoms with van der Waals surface area (Å²) < 4.78 is 0. The zero-order chi connectivity index (χ0) is 20.2. The molecule has 1 aromatic heterocycles. The number of anilines is 1. The quantitative estimate of drug-likeness (QED) is 0.609. The fourth-order valence-corrected chi connectivity index (χ4v) is 5.77. The minimum atomic E-state index is 0.175. The van der Waals surface area contributed by atoms with Crippen LogP contribution in [0.2, 0.25) is 0 Å². The molecule has 0 atom stereocenters. The van der Waals surface area contributed by atoms with Crippen molar-refractivity contribution in [3.63, 3.8) is 0 Å². The van der Waals surface area contributed by atoms with E-state index in [-0.39, 0.29) is 12.0 Å². The first-order valence-electron chi connectivity index (χ1n) is 10.9. The number of benzene rings is 1. The van der Waals surface area contributed by atoms with Crippen LogP contribution in [0.5, 0.6) is 0 Å². The zero-order valence-electron chi connectivity index (χ0n) is 17.3. The lowest BCUT2D eigenvalue weighted by Gasteiger charge is -2.39. The zero-order valence-corrected chi connectivity index (χ0v) is 18.1. The Hall–Kier alpha value is -2.25. The third-order valence-electron chi connectivity index (χ3n) is 6.41. The molecule has 2 fully saturated rings. The number of hydrogen-bond donors (Lipinski definition) is 0. The molecule has 0 unspecified atom stereocenters. The second-order valence-corrected chi connectivity index (χ2v) is 9.56. The Bertz CT molecular complexity index is 868. The maximum atomic E-state index is 13.7. The normalized spacial score (nSPS) is 18.4. The summed E-state index contributed by atoms with van der Waals surface area (Å²) in [5.74, 6) is 0.512. The summed E-state index contributed by atoms with van der Waals surface area (Å²) in [7, 11) is 0. The number of terminal acetylenes is 1.